The molecule has 21 heavy (non-hydrogen) atoms. The van der Waals surface area contributed by atoms with Gasteiger partial charge in [-0.05, 0) is 6.54 Å². The number of thiazole rings is 1. The summed E-state index contributed by atoms with van der Waals surface area (Å²) in [5.41, 5.74) is 6.85. The Morgan fingerprint density at radius 2 is 2.29 bits per heavy atom. The number of hydrogen-bond acceptors (Lipinski definition) is 7. The summed E-state index contributed by atoms with van der Waals surface area (Å²) in [6, 6.07) is 0. The van der Waals surface area contributed by atoms with Crippen LogP contribution in [0.1, 0.15) is 28.0 Å². The predicted octanol–water partition coefficient (Wildman–Crippen LogP) is 1.15. The molecule has 0 spiro atoms. The first-order valence-corrected chi connectivity index (χ1v) is 7.57. The molecule has 0 atom stereocenters. The normalized spacial score (nSPS) is 14.7. The van der Waals surface area contributed by atoms with E-state index in [0.29, 0.717) is 5.13 Å². The molecule has 0 bridgehead atoms. The van der Waals surface area contributed by atoms with Gasteiger partial charge in [-0.1, -0.05) is 6.92 Å². The molecule has 7 nitrogen and oxygen atoms in total. The average Bonchev–Trinajstić information content (AvgIpc) is 2.88. The molecule has 3 N–H and O–H groups in total. The number of nitrogens with two attached hydrogens (primary N) is 1. The average molecular weight is 304 g/mol. The third-order valence-electron chi connectivity index (χ3n) is 3.42. The van der Waals surface area contributed by atoms with Gasteiger partial charge in [0.25, 0.3) is 5.91 Å². The number of aromatic nitrogens is 3. The standard InChI is InChI=1S/C13H16N6OS/c1-2-19-6-3-8-9(7-19)21-13(17-8)18-12(20)10-11(14)16-5-4-15-10/h4-5H,2-3,6-7H2,1H3,(H2,14,16)(H,17,18,20). The molecular weight excluding hydrogens is 288 g/mol. The molecule has 3 heterocycles. The van der Waals surface area contributed by atoms with Crippen LogP contribution >= 0.6 is 11.3 Å². The Morgan fingerprint density at radius 1 is 1.48 bits per heavy atom. The van der Waals surface area contributed by atoms with E-state index in [2.05, 4.69) is 32.1 Å². The summed E-state index contributed by atoms with van der Waals surface area (Å²) in [6.07, 6.45) is 3.81. The second-order valence-corrected chi connectivity index (χ2v) is 5.84. The first-order valence-electron chi connectivity index (χ1n) is 6.76. The fraction of sp³-hybridized carbons (Fsp3) is 0.385. The first-order chi connectivity index (χ1) is 10.2. The van der Waals surface area contributed by atoms with Crippen molar-refractivity contribution in [1.29, 1.82) is 0 Å². The molecule has 0 saturated carbocycles. The highest BCUT2D eigenvalue weighted by atomic mass is 32.1. The van der Waals surface area contributed by atoms with Crippen molar-refractivity contribution in [2.24, 2.45) is 0 Å². The molecule has 2 aromatic rings. The van der Waals surface area contributed by atoms with Crippen LogP contribution in [0.3, 0.4) is 0 Å². The van der Waals surface area contributed by atoms with Crippen molar-refractivity contribution in [3.05, 3.63) is 28.7 Å². The van der Waals surface area contributed by atoms with Gasteiger partial charge in [0, 0.05) is 36.8 Å². The summed E-state index contributed by atoms with van der Waals surface area (Å²) in [7, 11) is 0. The summed E-state index contributed by atoms with van der Waals surface area (Å²) >= 11 is 1.51. The van der Waals surface area contributed by atoms with E-state index in [-0.39, 0.29) is 17.4 Å². The van der Waals surface area contributed by atoms with Crippen LogP contribution in [0, 0.1) is 0 Å². The number of likely N-dealkylation sites (N-methyl/N-ethyl adjacent to an activating group) is 1. The zero-order valence-corrected chi connectivity index (χ0v) is 12.5. The van der Waals surface area contributed by atoms with E-state index >= 15 is 0 Å². The van der Waals surface area contributed by atoms with Crippen LogP contribution < -0.4 is 11.1 Å². The van der Waals surface area contributed by atoms with Gasteiger partial charge in [0.05, 0.1) is 5.69 Å². The molecular formula is C13H16N6OS. The van der Waals surface area contributed by atoms with Crippen molar-refractivity contribution in [2.75, 3.05) is 24.1 Å². The molecule has 0 fully saturated rings. The van der Waals surface area contributed by atoms with Gasteiger partial charge in [0.1, 0.15) is 0 Å². The summed E-state index contributed by atoms with van der Waals surface area (Å²) in [5.74, 6) is -0.257. The number of hydrogen-bond donors (Lipinski definition) is 2. The van der Waals surface area contributed by atoms with Gasteiger partial charge in [-0.15, -0.1) is 11.3 Å². The van der Waals surface area contributed by atoms with Gasteiger partial charge in [-0.2, -0.15) is 0 Å². The van der Waals surface area contributed by atoms with Crippen LogP contribution in [0.5, 0.6) is 0 Å². The van der Waals surface area contributed by atoms with Crippen molar-refractivity contribution in [3.63, 3.8) is 0 Å². The highest BCUT2D eigenvalue weighted by Gasteiger charge is 2.21. The van der Waals surface area contributed by atoms with Crippen molar-refractivity contribution >= 4 is 28.2 Å². The number of rotatable bonds is 3. The lowest BCUT2D eigenvalue weighted by Crippen LogP contribution is -2.29. The Kier molecular flexibility index (Phi) is 3.80. The van der Waals surface area contributed by atoms with Crippen LogP contribution in [0.4, 0.5) is 10.9 Å². The van der Waals surface area contributed by atoms with Crippen LogP contribution in [0.25, 0.3) is 0 Å². The Morgan fingerprint density at radius 3 is 3.05 bits per heavy atom. The van der Waals surface area contributed by atoms with Crippen molar-refractivity contribution in [1.82, 2.24) is 19.9 Å². The van der Waals surface area contributed by atoms with E-state index in [1.165, 1.54) is 28.6 Å². The van der Waals surface area contributed by atoms with Gasteiger partial charge in [0.15, 0.2) is 16.6 Å². The predicted molar refractivity (Wildman–Crippen MR) is 81.2 cm³/mol. The number of nitrogens with zero attached hydrogens (tertiary/aromatic N) is 4. The third kappa shape index (κ3) is 2.86. The molecule has 0 aromatic carbocycles. The quantitative estimate of drug-likeness (QED) is 0.882. The van der Waals surface area contributed by atoms with Crippen LogP contribution in [0.2, 0.25) is 0 Å². The summed E-state index contributed by atoms with van der Waals surface area (Å²) in [4.78, 5) is 28.0. The van der Waals surface area contributed by atoms with Gasteiger partial charge >= 0.3 is 0 Å². The highest BCUT2D eigenvalue weighted by molar-refractivity contribution is 7.15. The molecule has 0 radical (unpaired) electrons. The third-order valence-corrected chi connectivity index (χ3v) is 4.42. The molecule has 0 aliphatic carbocycles. The van der Waals surface area contributed by atoms with E-state index in [1.54, 1.807) is 0 Å². The number of amides is 1. The molecule has 3 rings (SSSR count). The number of nitrogens with one attached hydrogen (secondary N) is 1. The molecule has 110 valence electrons. The summed E-state index contributed by atoms with van der Waals surface area (Å²) < 4.78 is 0. The van der Waals surface area contributed by atoms with Crippen molar-refractivity contribution in [2.45, 2.75) is 19.9 Å². The number of carbonyl (C=O) groups excluding carboxylic acids is 1. The lowest BCUT2D eigenvalue weighted by Gasteiger charge is -2.23. The van der Waals surface area contributed by atoms with E-state index in [9.17, 15) is 4.79 Å². The number of carbonyl (C=O) groups is 1. The fourth-order valence-electron chi connectivity index (χ4n) is 2.25. The Labute approximate surface area is 126 Å². The maximum atomic E-state index is 12.1. The largest absolute Gasteiger partial charge is 0.382 e. The monoisotopic (exact) mass is 304 g/mol. The van der Waals surface area contributed by atoms with Gasteiger partial charge in [-0.3, -0.25) is 15.0 Å². The Balaban J connectivity index is 1.76. The summed E-state index contributed by atoms with van der Waals surface area (Å²) in [5, 5.41) is 3.35. The maximum Gasteiger partial charge on any atom is 0.279 e. The minimum atomic E-state index is -0.376. The maximum absolute atomic E-state index is 12.1. The minimum absolute atomic E-state index is 0.119. The Bertz CT molecular complexity index is 670. The smallest absolute Gasteiger partial charge is 0.279 e. The first kappa shape index (κ1) is 13.9. The van der Waals surface area contributed by atoms with E-state index in [4.69, 9.17) is 5.73 Å². The molecule has 1 amide bonds. The number of anilines is 2. The topological polar surface area (TPSA) is 97.0 Å². The van der Waals surface area contributed by atoms with Gasteiger partial charge < -0.3 is 5.73 Å². The molecule has 1 aliphatic rings. The lowest BCUT2D eigenvalue weighted by atomic mass is 10.2. The van der Waals surface area contributed by atoms with Gasteiger partial charge in [-0.25, -0.2) is 15.0 Å². The second-order valence-electron chi connectivity index (χ2n) is 4.75. The molecule has 2 aromatic heterocycles. The molecule has 8 heteroatoms. The van der Waals surface area contributed by atoms with E-state index in [1.807, 2.05) is 0 Å². The highest BCUT2D eigenvalue weighted by Crippen LogP contribution is 2.28. The second kappa shape index (κ2) is 5.74. The van der Waals surface area contributed by atoms with Crippen LogP contribution in [0.15, 0.2) is 12.4 Å². The van der Waals surface area contributed by atoms with Crippen LogP contribution in [-0.2, 0) is 13.0 Å². The molecule has 1 aliphatic heterocycles. The Hall–Kier alpha value is -2.06. The molecule has 0 saturated heterocycles. The van der Waals surface area contributed by atoms with Gasteiger partial charge in [0.2, 0.25) is 0 Å². The molecule has 0 unspecified atom stereocenters. The number of nitrogen functional groups attached to an aromatic ring is 1. The SMILES string of the molecule is CCN1CCc2nc(NC(=O)c3nccnc3N)sc2C1. The van der Waals surface area contributed by atoms with Crippen molar-refractivity contribution < 1.29 is 4.79 Å². The fourth-order valence-corrected chi connectivity index (χ4v) is 3.30. The van der Waals surface area contributed by atoms with E-state index in [0.717, 1.165) is 31.7 Å². The number of fused-ring (bicyclic) bond motifs is 1. The summed E-state index contributed by atoms with van der Waals surface area (Å²) in [6.45, 7) is 5.07. The van der Waals surface area contributed by atoms with Crippen LogP contribution in [-0.4, -0.2) is 38.8 Å². The minimum Gasteiger partial charge on any atom is -0.382 e. The zero-order chi connectivity index (χ0) is 14.8. The van der Waals surface area contributed by atoms with E-state index < -0.39 is 0 Å². The zero-order valence-electron chi connectivity index (χ0n) is 11.7. The lowest BCUT2D eigenvalue weighted by molar-refractivity contribution is 0.102. The van der Waals surface area contributed by atoms with Crippen molar-refractivity contribution in [3.8, 4) is 0 Å².